The van der Waals surface area contributed by atoms with Crippen LogP contribution in [0.3, 0.4) is 0 Å². The topological polar surface area (TPSA) is 47.3 Å². The van der Waals surface area contributed by atoms with Crippen molar-refractivity contribution in [2.75, 3.05) is 0 Å². The minimum absolute atomic E-state index is 0.337. The zero-order valence-corrected chi connectivity index (χ0v) is 29.6. The van der Waals surface area contributed by atoms with E-state index in [-0.39, 0.29) is 0 Å². The third kappa shape index (κ3) is 3.91. The molecule has 0 spiro atoms. The second-order valence-corrected chi connectivity index (χ2v) is 21.4. The summed E-state index contributed by atoms with van der Waals surface area (Å²) in [5.41, 5.74) is 12.5. The van der Waals surface area contributed by atoms with E-state index in [1.54, 1.807) is 19.1 Å². The molecule has 232 valence electrons. The molecule has 4 aromatic carbocycles. The van der Waals surface area contributed by atoms with Crippen LogP contribution in [0.1, 0.15) is 65.4 Å². The molecule has 3 aliphatic rings. The van der Waals surface area contributed by atoms with Crippen molar-refractivity contribution in [2.45, 2.75) is 70.0 Å². The maximum absolute atomic E-state index is 13.9. The maximum atomic E-state index is 13.9. The molecule has 0 fully saturated rings. The molecule has 0 atom stereocenters. The molecule has 2 aliphatic carbocycles. The van der Waals surface area contributed by atoms with E-state index in [0.29, 0.717) is 32.0 Å². The zero-order valence-electron chi connectivity index (χ0n) is 27.8. The van der Waals surface area contributed by atoms with Gasteiger partial charge in [0.05, 0.1) is 20.9 Å². The molecule has 0 amide bonds. The summed E-state index contributed by atoms with van der Waals surface area (Å²) in [7, 11) is -5.71. The van der Waals surface area contributed by atoms with Crippen LogP contribution in [0.2, 0.25) is 16.6 Å². The van der Waals surface area contributed by atoms with Crippen LogP contribution in [0.15, 0.2) is 87.0 Å². The predicted molar refractivity (Wildman–Crippen MR) is 196 cm³/mol. The van der Waals surface area contributed by atoms with E-state index >= 15 is 0 Å². The van der Waals surface area contributed by atoms with Crippen LogP contribution < -0.4 is 10.4 Å². The van der Waals surface area contributed by atoms with Crippen LogP contribution in [-0.4, -0.2) is 16.5 Å². The fourth-order valence-corrected chi connectivity index (χ4v) is 15.8. The van der Waals surface area contributed by atoms with Gasteiger partial charge in [0.1, 0.15) is 13.7 Å². The van der Waals surface area contributed by atoms with Crippen molar-refractivity contribution in [1.29, 1.82) is 0 Å². The molecule has 5 heteroatoms. The Balaban J connectivity index is 1.46. The molecule has 1 aromatic heterocycles. The highest BCUT2D eigenvalue weighted by Crippen LogP contribution is 2.49. The van der Waals surface area contributed by atoms with Gasteiger partial charge in [-0.05, 0) is 87.1 Å². The Morgan fingerprint density at radius 2 is 1.32 bits per heavy atom. The number of para-hydroxylation sites is 1. The van der Waals surface area contributed by atoms with Crippen molar-refractivity contribution in [3.63, 3.8) is 0 Å². The summed E-state index contributed by atoms with van der Waals surface area (Å²) < 4.78 is 34.4. The van der Waals surface area contributed by atoms with Crippen LogP contribution in [0, 0.1) is 23.3 Å². The highest BCUT2D eigenvalue weighted by molar-refractivity contribution is 7.96. The van der Waals surface area contributed by atoms with Crippen molar-refractivity contribution in [2.24, 2.45) is 0 Å². The van der Waals surface area contributed by atoms with Crippen LogP contribution in [0.5, 0.6) is 0 Å². The minimum Gasteiger partial charge on any atom is -0.455 e. The number of fused-ring (bicyclic) bond motifs is 10. The van der Waals surface area contributed by atoms with E-state index in [4.69, 9.17) is 4.42 Å². The van der Waals surface area contributed by atoms with Gasteiger partial charge in [-0.2, -0.15) is 0 Å². The molecule has 2 heterocycles. The van der Waals surface area contributed by atoms with Crippen LogP contribution in [0.25, 0.3) is 49.6 Å². The van der Waals surface area contributed by atoms with Crippen LogP contribution >= 0.6 is 0 Å². The van der Waals surface area contributed by atoms with Crippen LogP contribution in [0.4, 0.5) is 0 Å². The molecular formula is C42H36O3SSi. The normalized spacial score (nSPS) is 15.5. The molecule has 8 rings (SSSR count). The van der Waals surface area contributed by atoms with Gasteiger partial charge in [-0.25, -0.2) is 8.42 Å². The molecule has 0 saturated carbocycles. The lowest BCUT2D eigenvalue weighted by Gasteiger charge is -2.38. The van der Waals surface area contributed by atoms with Crippen molar-refractivity contribution in [3.8, 4) is 34.4 Å². The quantitative estimate of drug-likeness (QED) is 0.145. The van der Waals surface area contributed by atoms with Crippen molar-refractivity contribution in [3.05, 3.63) is 105 Å². The lowest BCUT2D eigenvalue weighted by molar-refractivity contribution is 0.603. The number of hydrogen-bond donors (Lipinski definition) is 0. The molecule has 0 radical (unpaired) electrons. The summed E-state index contributed by atoms with van der Waals surface area (Å²) in [4.78, 5) is 0.694. The molecule has 0 N–H and O–H groups in total. The highest BCUT2D eigenvalue weighted by Gasteiger charge is 2.43. The number of hydrogen-bond acceptors (Lipinski definition) is 3. The first-order chi connectivity index (χ1) is 22.5. The summed E-state index contributed by atoms with van der Waals surface area (Å²) in [6.45, 7) is 15.8. The van der Waals surface area contributed by atoms with E-state index in [1.165, 1.54) is 0 Å². The smallest absolute Gasteiger partial charge is 0.209 e. The zero-order chi connectivity index (χ0) is 33.0. The second kappa shape index (κ2) is 10.2. The summed E-state index contributed by atoms with van der Waals surface area (Å²) in [5, 5.41) is 5.10. The van der Waals surface area contributed by atoms with E-state index in [2.05, 4.69) is 101 Å². The third-order valence-electron chi connectivity index (χ3n) is 10.7. The van der Waals surface area contributed by atoms with Gasteiger partial charge in [0.25, 0.3) is 0 Å². The maximum Gasteiger partial charge on any atom is 0.209 e. The Bertz CT molecular complexity index is 2620. The average Bonchev–Trinajstić information content (AvgIpc) is 3.72. The molecule has 5 aromatic rings. The van der Waals surface area contributed by atoms with Gasteiger partial charge in [0.15, 0.2) is 5.76 Å². The van der Waals surface area contributed by atoms with Gasteiger partial charge >= 0.3 is 0 Å². The Labute approximate surface area is 277 Å². The Kier molecular flexibility index (Phi) is 6.49. The first kappa shape index (κ1) is 29.8. The monoisotopic (exact) mass is 648 g/mol. The van der Waals surface area contributed by atoms with E-state index in [9.17, 15) is 8.42 Å². The average molecular weight is 649 g/mol. The van der Waals surface area contributed by atoms with E-state index < -0.39 is 17.9 Å². The first-order valence-electron chi connectivity index (χ1n) is 16.4. The molecule has 0 saturated heterocycles. The Morgan fingerprint density at radius 3 is 2.00 bits per heavy atom. The molecule has 1 aliphatic heterocycles. The third-order valence-corrected chi connectivity index (χ3v) is 18.9. The van der Waals surface area contributed by atoms with Gasteiger partial charge in [0.2, 0.25) is 9.84 Å². The molecule has 0 unspecified atom stereocenters. The Morgan fingerprint density at radius 1 is 0.702 bits per heavy atom. The minimum atomic E-state index is -3.69. The largest absolute Gasteiger partial charge is 0.455 e. The summed E-state index contributed by atoms with van der Waals surface area (Å²) in [5.74, 6) is 10.8. The number of rotatable bonds is 3. The molecule has 47 heavy (non-hydrogen) atoms. The van der Waals surface area contributed by atoms with E-state index in [0.717, 1.165) is 71.3 Å². The van der Waals surface area contributed by atoms with Crippen molar-refractivity contribution >= 4 is 56.4 Å². The molecular weight excluding hydrogens is 613 g/mol. The fourth-order valence-electron chi connectivity index (χ4n) is 8.69. The fraction of sp³-hybridized carbons (Fsp3) is 0.238. The van der Waals surface area contributed by atoms with Gasteiger partial charge in [-0.15, -0.1) is 11.5 Å². The summed E-state index contributed by atoms with van der Waals surface area (Å²) >= 11 is 0. The van der Waals surface area contributed by atoms with Crippen molar-refractivity contribution < 1.29 is 12.8 Å². The van der Waals surface area contributed by atoms with E-state index in [1.807, 2.05) is 24.3 Å². The number of allylic oxidation sites excluding steroid dienone is 1. The van der Waals surface area contributed by atoms with Gasteiger partial charge in [-0.3, -0.25) is 0 Å². The van der Waals surface area contributed by atoms with Crippen molar-refractivity contribution in [1.82, 2.24) is 0 Å². The van der Waals surface area contributed by atoms with Crippen LogP contribution in [-0.2, 0) is 9.84 Å². The standard InChI is InChI=1S/C42H36O3SSi/c1-8-13-30-34-21-28-22-35-33(20-27(28)23-36(34)40-32-15-10-12-17-38(32)46(43,44)42(30)40)29(18-19-47(24(2)3,25(4)5)26(6)7)41-39(35)31-14-9-11-16-37(31)45-41/h9-12,14-17,20-26H,1-7H3. The number of benzene rings is 4. The molecule has 3 nitrogen and oxygen atoms in total. The Hall–Kier alpha value is -4.55. The highest BCUT2D eigenvalue weighted by atomic mass is 32.2. The first-order valence-corrected chi connectivity index (χ1v) is 20.2. The summed E-state index contributed by atoms with van der Waals surface area (Å²) in [6, 6.07) is 24.3. The predicted octanol–water partition coefficient (Wildman–Crippen LogP) is 8.72. The molecule has 0 bridgehead atoms. The number of sulfone groups is 1. The van der Waals surface area contributed by atoms with Gasteiger partial charge < -0.3 is 4.42 Å². The second-order valence-electron chi connectivity index (χ2n) is 13.9. The number of furan rings is 1. The summed E-state index contributed by atoms with van der Waals surface area (Å²) in [6.07, 6.45) is 0. The van der Waals surface area contributed by atoms with Gasteiger partial charge in [-0.1, -0.05) is 89.8 Å². The van der Waals surface area contributed by atoms with Gasteiger partial charge in [0, 0.05) is 27.3 Å². The lowest BCUT2D eigenvalue weighted by atomic mass is 9.95. The SMILES string of the molecule is CC#CC1=c2cc3cc4c(cc3cc2C2=C1S(=O)(=O)c1ccccc12)=C(C#C[Si](C(C)C)(C(C)C)C(C)C)c1oc2ccccc2c1-4. The lowest BCUT2D eigenvalue weighted by Crippen LogP contribution is -2.43.